The van der Waals surface area contributed by atoms with E-state index in [4.69, 9.17) is 5.73 Å². The Morgan fingerprint density at radius 2 is 2.06 bits per heavy atom. The predicted molar refractivity (Wildman–Crippen MR) is 57.6 cm³/mol. The van der Waals surface area contributed by atoms with Gasteiger partial charge in [0.25, 0.3) is 6.43 Å². The molecule has 0 unspecified atom stereocenters. The van der Waals surface area contributed by atoms with Crippen LogP contribution in [-0.2, 0) is 5.41 Å². The summed E-state index contributed by atoms with van der Waals surface area (Å²) >= 11 is 0. The van der Waals surface area contributed by atoms with Crippen molar-refractivity contribution in [1.82, 2.24) is 0 Å². The summed E-state index contributed by atoms with van der Waals surface area (Å²) < 4.78 is 25.3. The van der Waals surface area contributed by atoms with E-state index in [0.717, 1.165) is 24.8 Å². The van der Waals surface area contributed by atoms with Gasteiger partial charge in [-0.15, -0.1) is 0 Å². The summed E-state index contributed by atoms with van der Waals surface area (Å²) in [5.74, 6) is -0.342. The molecule has 1 fully saturated rings. The van der Waals surface area contributed by atoms with Crippen LogP contribution in [0.25, 0.3) is 0 Å². The quantitative estimate of drug-likeness (QED) is 0.834. The first kappa shape index (κ1) is 11.3. The Bertz CT molecular complexity index is 383. The molecule has 0 spiro atoms. The maximum absolute atomic E-state index is 12.6. The lowest BCUT2D eigenvalue weighted by Crippen LogP contribution is -2.41. The minimum absolute atomic E-state index is 0.142. The van der Waals surface area contributed by atoms with Gasteiger partial charge in [-0.25, -0.2) is 8.78 Å². The fourth-order valence-corrected chi connectivity index (χ4v) is 2.27. The molecule has 0 aromatic heterocycles. The molecular weight excluding hydrogens is 212 g/mol. The van der Waals surface area contributed by atoms with Gasteiger partial charge in [0.1, 0.15) is 5.75 Å². The molecule has 2 rings (SSSR count). The summed E-state index contributed by atoms with van der Waals surface area (Å²) in [5, 5.41) is 9.32. The van der Waals surface area contributed by atoms with Crippen molar-refractivity contribution in [3.05, 3.63) is 29.3 Å². The van der Waals surface area contributed by atoms with Crippen LogP contribution in [0.2, 0.25) is 0 Å². The number of alkyl halides is 2. The van der Waals surface area contributed by atoms with Crippen LogP contribution >= 0.6 is 0 Å². The molecule has 3 N–H and O–H groups in total. The van der Waals surface area contributed by atoms with Gasteiger partial charge in [0.15, 0.2) is 0 Å². The second-order valence-corrected chi connectivity index (χ2v) is 4.41. The highest BCUT2D eigenvalue weighted by atomic mass is 19.3. The van der Waals surface area contributed by atoms with Gasteiger partial charge < -0.3 is 10.8 Å². The number of phenolic OH excluding ortho intramolecular Hbond substituents is 1. The maximum atomic E-state index is 12.6. The van der Waals surface area contributed by atoms with Gasteiger partial charge in [0.05, 0.1) is 5.56 Å². The number of phenols is 1. The van der Waals surface area contributed by atoms with Gasteiger partial charge in [-0.2, -0.15) is 0 Å². The number of hydrogen-bond donors (Lipinski definition) is 2. The van der Waals surface area contributed by atoms with Gasteiger partial charge in [-0.3, -0.25) is 0 Å². The van der Waals surface area contributed by atoms with E-state index in [-0.39, 0.29) is 16.7 Å². The zero-order valence-corrected chi connectivity index (χ0v) is 8.92. The second-order valence-electron chi connectivity index (χ2n) is 4.41. The fraction of sp³-hybridized carbons (Fsp3) is 0.500. The van der Waals surface area contributed by atoms with E-state index < -0.39 is 6.43 Å². The lowest BCUT2D eigenvalue weighted by Gasteiger charge is -2.41. The van der Waals surface area contributed by atoms with E-state index in [1.807, 2.05) is 0 Å². The fourth-order valence-electron chi connectivity index (χ4n) is 2.27. The standard InChI is InChI=1S/C12H15F2NO/c13-11(14)9-6-8(2-3-10(9)16)12(7-15)4-1-5-12/h2-3,6,11,16H,1,4-5,7,15H2. The molecule has 0 radical (unpaired) electrons. The summed E-state index contributed by atoms with van der Waals surface area (Å²) in [4.78, 5) is 0. The zero-order chi connectivity index (χ0) is 11.8. The lowest BCUT2D eigenvalue weighted by atomic mass is 9.64. The molecule has 1 saturated carbocycles. The molecule has 0 bridgehead atoms. The summed E-state index contributed by atoms with van der Waals surface area (Å²) in [6, 6.07) is 4.44. The molecule has 0 atom stereocenters. The first-order valence-electron chi connectivity index (χ1n) is 5.41. The Labute approximate surface area is 93.1 Å². The van der Waals surface area contributed by atoms with Gasteiger partial charge in [0, 0.05) is 12.0 Å². The van der Waals surface area contributed by atoms with E-state index in [0.29, 0.717) is 6.54 Å². The highest BCUT2D eigenvalue weighted by molar-refractivity contribution is 5.41. The third kappa shape index (κ3) is 1.67. The largest absolute Gasteiger partial charge is 0.507 e. The summed E-state index contributed by atoms with van der Waals surface area (Å²) in [6.45, 7) is 0.473. The van der Waals surface area contributed by atoms with E-state index >= 15 is 0 Å². The molecule has 1 aromatic rings. The van der Waals surface area contributed by atoms with Crippen molar-refractivity contribution in [2.45, 2.75) is 31.1 Å². The molecule has 88 valence electrons. The van der Waals surface area contributed by atoms with Gasteiger partial charge in [0.2, 0.25) is 0 Å². The summed E-state index contributed by atoms with van der Waals surface area (Å²) in [5.41, 5.74) is 6.11. The molecule has 2 nitrogen and oxygen atoms in total. The molecule has 1 aliphatic carbocycles. The average molecular weight is 227 g/mol. The molecule has 0 heterocycles. The van der Waals surface area contributed by atoms with Crippen molar-refractivity contribution < 1.29 is 13.9 Å². The number of benzene rings is 1. The third-order valence-corrected chi connectivity index (χ3v) is 3.58. The van der Waals surface area contributed by atoms with Crippen LogP contribution in [0.3, 0.4) is 0 Å². The minimum atomic E-state index is -2.64. The van der Waals surface area contributed by atoms with Gasteiger partial charge in [-0.05, 0) is 30.5 Å². The SMILES string of the molecule is NCC1(c2ccc(O)c(C(F)F)c2)CCC1. The normalized spacial score (nSPS) is 18.5. The first-order valence-corrected chi connectivity index (χ1v) is 5.41. The maximum Gasteiger partial charge on any atom is 0.267 e. The highest BCUT2D eigenvalue weighted by Gasteiger charge is 2.37. The van der Waals surface area contributed by atoms with Crippen LogP contribution in [0.5, 0.6) is 5.75 Å². The number of rotatable bonds is 3. The van der Waals surface area contributed by atoms with E-state index in [1.165, 1.54) is 12.1 Å². The number of aromatic hydroxyl groups is 1. The van der Waals surface area contributed by atoms with Crippen LogP contribution in [0.15, 0.2) is 18.2 Å². The predicted octanol–water partition coefficient (Wildman–Crippen LogP) is 2.71. The second kappa shape index (κ2) is 4.01. The summed E-state index contributed by atoms with van der Waals surface area (Å²) in [7, 11) is 0. The van der Waals surface area contributed by atoms with E-state index in [2.05, 4.69) is 0 Å². The molecule has 4 heteroatoms. The molecule has 1 aromatic carbocycles. The van der Waals surface area contributed by atoms with Crippen molar-refractivity contribution in [3.8, 4) is 5.75 Å². The number of hydrogen-bond acceptors (Lipinski definition) is 2. The van der Waals surface area contributed by atoms with Crippen molar-refractivity contribution in [3.63, 3.8) is 0 Å². The number of halogens is 2. The van der Waals surface area contributed by atoms with Gasteiger partial charge >= 0.3 is 0 Å². The monoisotopic (exact) mass is 227 g/mol. The Balaban J connectivity index is 2.39. The van der Waals surface area contributed by atoms with Crippen LogP contribution in [0.4, 0.5) is 8.78 Å². The summed E-state index contributed by atoms with van der Waals surface area (Å²) in [6.07, 6.45) is 0.325. The minimum Gasteiger partial charge on any atom is -0.507 e. The van der Waals surface area contributed by atoms with Crippen molar-refractivity contribution in [2.75, 3.05) is 6.54 Å². The van der Waals surface area contributed by atoms with Crippen LogP contribution in [-0.4, -0.2) is 11.7 Å². The smallest absolute Gasteiger partial charge is 0.267 e. The van der Waals surface area contributed by atoms with Crippen LogP contribution in [0, 0.1) is 0 Å². The Morgan fingerprint density at radius 3 is 2.50 bits per heavy atom. The van der Waals surface area contributed by atoms with Crippen molar-refractivity contribution in [2.24, 2.45) is 5.73 Å². The van der Waals surface area contributed by atoms with E-state index in [1.54, 1.807) is 6.07 Å². The highest BCUT2D eigenvalue weighted by Crippen LogP contribution is 2.44. The lowest BCUT2D eigenvalue weighted by molar-refractivity contribution is 0.147. The zero-order valence-electron chi connectivity index (χ0n) is 8.92. The number of nitrogens with two attached hydrogens (primary N) is 1. The molecule has 0 aliphatic heterocycles. The Hall–Kier alpha value is -1.16. The Morgan fingerprint density at radius 1 is 1.38 bits per heavy atom. The van der Waals surface area contributed by atoms with E-state index in [9.17, 15) is 13.9 Å². The van der Waals surface area contributed by atoms with Gasteiger partial charge in [-0.1, -0.05) is 12.5 Å². The molecular formula is C12H15F2NO. The Kier molecular flexibility index (Phi) is 2.84. The molecule has 0 amide bonds. The third-order valence-electron chi connectivity index (χ3n) is 3.58. The van der Waals surface area contributed by atoms with Crippen LogP contribution in [0.1, 0.15) is 36.8 Å². The molecule has 0 saturated heterocycles. The topological polar surface area (TPSA) is 46.2 Å². The first-order chi connectivity index (χ1) is 7.59. The average Bonchev–Trinajstić information content (AvgIpc) is 2.19. The van der Waals surface area contributed by atoms with Crippen LogP contribution < -0.4 is 5.73 Å². The van der Waals surface area contributed by atoms with Crippen molar-refractivity contribution >= 4 is 0 Å². The molecule has 1 aliphatic rings. The van der Waals surface area contributed by atoms with Crippen molar-refractivity contribution in [1.29, 1.82) is 0 Å². The molecule has 16 heavy (non-hydrogen) atoms.